The van der Waals surface area contributed by atoms with E-state index in [9.17, 15) is 27.9 Å². The zero-order valence-electron chi connectivity index (χ0n) is 13.1. The van der Waals surface area contributed by atoms with Crippen LogP contribution < -0.4 is 10.9 Å². The maximum atomic E-state index is 12.6. The Bertz CT molecular complexity index is 580. The second-order valence-corrected chi connectivity index (χ2v) is 5.33. The molecule has 0 aliphatic carbocycles. The number of aromatic nitrogens is 1. The van der Waals surface area contributed by atoms with Crippen LogP contribution in [0.4, 0.5) is 13.2 Å². The smallest absolute Gasteiger partial charge is 0.391 e. The fraction of sp³-hybridized carbons (Fsp3) is 0.600. The van der Waals surface area contributed by atoms with E-state index in [1.807, 2.05) is 13.8 Å². The summed E-state index contributed by atoms with van der Waals surface area (Å²) in [6, 6.07) is 1.45. The van der Waals surface area contributed by atoms with E-state index in [-0.39, 0.29) is 12.5 Å². The molecule has 0 aliphatic heterocycles. The molecule has 1 rings (SSSR count). The Hall–Kier alpha value is -1.83. The number of halogens is 3. The lowest BCUT2D eigenvalue weighted by atomic mass is 9.96. The first-order valence-corrected chi connectivity index (χ1v) is 7.41. The van der Waals surface area contributed by atoms with Gasteiger partial charge in [-0.25, -0.2) is 0 Å². The second kappa shape index (κ2) is 8.14. The number of rotatable bonds is 7. The SMILES string of the molecule is CCC(CC)C(O)CNC(=O)Cn1cc(C(F)(F)F)ccc1=O. The third-order valence-corrected chi connectivity index (χ3v) is 3.73. The average molecular weight is 334 g/mol. The first-order chi connectivity index (χ1) is 10.7. The predicted octanol–water partition coefficient (Wildman–Crippen LogP) is 1.78. The van der Waals surface area contributed by atoms with Crippen molar-refractivity contribution in [2.75, 3.05) is 6.54 Å². The highest BCUT2D eigenvalue weighted by Gasteiger charge is 2.31. The Morgan fingerprint density at radius 3 is 2.43 bits per heavy atom. The maximum Gasteiger partial charge on any atom is 0.417 e. The normalized spacial score (nSPS) is 13.2. The molecule has 1 aromatic rings. The number of alkyl halides is 3. The molecular weight excluding hydrogens is 313 g/mol. The maximum absolute atomic E-state index is 12.6. The second-order valence-electron chi connectivity index (χ2n) is 5.33. The summed E-state index contributed by atoms with van der Waals surface area (Å²) in [5.41, 5.74) is -1.70. The fourth-order valence-electron chi connectivity index (χ4n) is 2.25. The van der Waals surface area contributed by atoms with Crippen LogP contribution in [-0.4, -0.2) is 28.2 Å². The zero-order valence-corrected chi connectivity index (χ0v) is 13.1. The summed E-state index contributed by atoms with van der Waals surface area (Å²) in [5, 5.41) is 12.3. The zero-order chi connectivity index (χ0) is 17.6. The van der Waals surface area contributed by atoms with Crippen LogP contribution in [0.15, 0.2) is 23.1 Å². The summed E-state index contributed by atoms with van der Waals surface area (Å²) >= 11 is 0. The van der Waals surface area contributed by atoms with Crippen LogP contribution in [-0.2, 0) is 17.5 Å². The van der Waals surface area contributed by atoms with Crippen LogP contribution in [0.5, 0.6) is 0 Å². The molecule has 0 radical (unpaired) electrons. The van der Waals surface area contributed by atoms with Gasteiger partial charge in [0.15, 0.2) is 0 Å². The van der Waals surface area contributed by atoms with E-state index >= 15 is 0 Å². The monoisotopic (exact) mass is 334 g/mol. The molecule has 0 fully saturated rings. The standard InChI is InChI=1S/C15H21F3N2O3/c1-3-10(4-2)12(21)7-19-13(22)9-20-8-11(15(16,17)18)5-6-14(20)23/h5-6,8,10,12,21H,3-4,7,9H2,1-2H3,(H,19,22). The van der Waals surface area contributed by atoms with Crippen LogP contribution in [0, 0.1) is 5.92 Å². The molecule has 0 aromatic carbocycles. The molecule has 0 bridgehead atoms. The quantitative estimate of drug-likeness (QED) is 0.798. The number of carbonyl (C=O) groups is 1. The van der Waals surface area contributed by atoms with Crippen molar-refractivity contribution >= 4 is 5.91 Å². The molecule has 8 heteroatoms. The molecule has 1 heterocycles. The average Bonchev–Trinajstić information content (AvgIpc) is 2.47. The van der Waals surface area contributed by atoms with Crippen molar-refractivity contribution in [1.82, 2.24) is 9.88 Å². The summed E-state index contributed by atoms with van der Waals surface area (Å²) < 4.78 is 38.5. The predicted molar refractivity (Wildman–Crippen MR) is 78.8 cm³/mol. The van der Waals surface area contributed by atoms with Gasteiger partial charge in [-0.15, -0.1) is 0 Å². The van der Waals surface area contributed by atoms with E-state index in [2.05, 4.69) is 5.32 Å². The minimum atomic E-state index is -4.59. The third kappa shape index (κ3) is 5.70. The van der Waals surface area contributed by atoms with E-state index in [1.54, 1.807) is 0 Å². The molecular formula is C15H21F3N2O3. The minimum absolute atomic E-state index is 0.00110. The van der Waals surface area contributed by atoms with Gasteiger partial charge >= 0.3 is 6.18 Å². The molecule has 0 spiro atoms. The van der Waals surface area contributed by atoms with Crippen LogP contribution in [0.2, 0.25) is 0 Å². The number of nitrogens with one attached hydrogen (secondary N) is 1. The van der Waals surface area contributed by atoms with E-state index in [4.69, 9.17) is 0 Å². The molecule has 5 nitrogen and oxygen atoms in total. The summed E-state index contributed by atoms with van der Waals surface area (Å²) in [6.45, 7) is 3.31. The van der Waals surface area contributed by atoms with Crippen molar-refractivity contribution < 1.29 is 23.1 Å². The molecule has 23 heavy (non-hydrogen) atoms. The molecule has 1 atom stereocenters. The molecule has 1 aromatic heterocycles. The Balaban J connectivity index is 2.69. The van der Waals surface area contributed by atoms with Crippen LogP contribution in [0.25, 0.3) is 0 Å². The molecule has 1 unspecified atom stereocenters. The van der Waals surface area contributed by atoms with E-state index < -0.39 is 35.9 Å². The van der Waals surface area contributed by atoms with Crippen molar-refractivity contribution in [3.63, 3.8) is 0 Å². The number of nitrogens with zero attached hydrogens (tertiary/aromatic N) is 1. The largest absolute Gasteiger partial charge is 0.417 e. The highest BCUT2D eigenvalue weighted by Crippen LogP contribution is 2.27. The van der Waals surface area contributed by atoms with Gasteiger partial charge in [0.1, 0.15) is 6.54 Å². The van der Waals surface area contributed by atoms with Gasteiger partial charge in [-0.05, 0) is 12.0 Å². The first kappa shape index (κ1) is 19.2. The van der Waals surface area contributed by atoms with Crippen LogP contribution in [0.1, 0.15) is 32.3 Å². The fourth-order valence-corrected chi connectivity index (χ4v) is 2.25. The molecule has 130 valence electrons. The summed E-state index contributed by atoms with van der Waals surface area (Å²) in [4.78, 5) is 23.3. The van der Waals surface area contributed by atoms with Gasteiger partial charge in [-0.2, -0.15) is 13.2 Å². The molecule has 0 saturated carbocycles. The lowest BCUT2D eigenvalue weighted by Crippen LogP contribution is -2.39. The number of carbonyl (C=O) groups excluding carboxylic acids is 1. The molecule has 0 saturated heterocycles. The van der Waals surface area contributed by atoms with Gasteiger partial charge < -0.3 is 15.0 Å². The Kier molecular flexibility index (Phi) is 6.80. The van der Waals surface area contributed by atoms with Crippen molar-refractivity contribution in [2.45, 2.75) is 45.5 Å². The third-order valence-electron chi connectivity index (χ3n) is 3.73. The Labute approximate surface area is 132 Å². The summed E-state index contributed by atoms with van der Waals surface area (Å²) in [6.07, 6.45) is -3.20. The number of aliphatic hydroxyl groups excluding tert-OH is 1. The number of amides is 1. The summed E-state index contributed by atoms with van der Waals surface area (Å²) in [5.74, 6) is -0.594. The highest BCUT2D eigenvalue weighted by atomic mass is 19.4. The van der Waals surface area contributed by atoms with Gasteiger partial charge in [0.2, 0.25) is 5.91 Å². The summed E-state index contributed by atoms with van der Waals surface area (Å²) in [7, 11) is 0. The number of hydrogen-bond donors (Lipinski definition) is 2. The lowest BCUT2D eigenvalue weighted by Gasteiger charge is -2.20. The molecule has 1 amide bonds. The van der Waals surface area contributed by atoms with Crippen LogP contribution in [0.3, 0.4) is 0 Å². The number of hydrogen-bond acceptors (Lipinski definition) is 3. The van der Waals surface area contributed by atoms with Gasteiger partial charge in [0.25, 0.3) is 5.56 Å². The van der Waals surface area contributed by atoms with E-state index in [1.165, 1.54) is 0 Å². The highest BCUT2D eigenvalue weighted by molar-refractivity contribution is 5.75. The topological polar surface area (TPSA) is 71.3 Å². The molecule has 0 aliphatic rings. The van der Waals surface area contributed by atoms with E-state index in [0.717, 1.165) is 18.9 Å². The van der Waals surface area contributed by atoms with E-state index in [0.29, 0.717) is 16.8 Å². The van der Waals surface area contributed by atoms with Gasteiger partial charge in [0.05, 0.1) is 11.7 Å². The van der Waals surface area contributed by atoms with Crippen molar-refractivity contribution in [2.24, 2.45) is 5.92 Å². The van der Waals surface area contributed by atoms with Gasteiger partial charge in [-0.1, -0.05) is 26.7 Å². The minimum Gasteiger partial charge on any atom is -0.391 e. The van der Waals surface area contributed by atoms with Crippen molar-refractivity contribution in [3.05, 3.63) is 34.2 Å². The molecule has 2 N–H and O–H groups in total. The van der Waals surface area contributed by atoms with Gasteiger partial charge in [-0.3, -0.25) is 9.59 Å². The van der Waals surface area contributed by atoms with Crippen LogP contribution >= 0.6 is 0 Å². The van der Waals surface area contributed by atoms with Crippen molar-refractivity contribution in [3.8, 4) is 0 Å². The lowest BCUT2D eigenvalue weighted by molar-refractivity contribution is -0.138. The van der Waals surface area contributed by atoms with Gasteiger partial charge in [0, 0.05) is 18.8 Å². The number of pyridine rings is 1. The first-order valence-electron chi connectivity index (χ1n) is 7.41. The number of aliphatic hydroxyl groups is 1. The Morgan fingerprint density at radius 2 is 1.91 bits per heavy atom. The Morgan fingerprint density at radius 1 is 1.30 bits per heavy atom. The van der Waals surface area contributed by atoms with Crippen molar-refractivity contribution in [1.29, 1.82) is 0 Å².